The molecule has 124 valence electrons. The third-order valence-corrected chi connectivity index (χ3v) is 4.87. The zero-order valence-electron chi connectivity index (χ0n) is 13.9. The van der Waals surface area contributed by atoms with E-state index < -0.39 is 0 Å². The fourth-order valence-electron chi connectivity index (χ4n) is 2.56. The van der Waals surface area contributed by atoms with Crippen LogP contribution in [0.3, 0.4) is 0 Å². The number of para-hydroxylation sites is 1. The van der Waals surface area contributed by atoms with E-state index in [0.29, 0.717) is 11.8 Å². The molecule has 0 saturated heterocycles. The highest BCUT2D eigenvalue weighted by molar-refractivity contribution is 7.99. The summed E-state index contributed by atoms with van der Waals surface area (Å²) in [7, 11) is 0. The van der Waals surface area contributed by atoms with Crippen molar-refractivity contribution < 1.29 is 4.42 Å². The monoisotopic (exact) mass is 348 g/mol. The summed E-state index contributed by atoms with van der Waals surface area (Å²) in [5.74, 6) is 1.87. The molecule has 0 fully saturated rings. The van der Waals surface area contributed by atoms with Crippen molar-refractivity contribution in [1.82, 2.24) is 20.2 Å². The molecule has 5 nitrogen and oxygen atoms in total. The lowest BCUT2D eigenvalue weighted by Crippen LogP contribution is -1.95. The minimum absolute atomic E-state index is 0.0114. The van der Waals surface area contributed by atoms with Crippen LogP contribution in [0.25, 0.3) is 22.4 Å². The lowest BCUT2D eigenvalue weighted by molar-refractivity contribution is 0.509. The minimum Gasteiger partial charge on any atom is -0.419 e. The summed E-state index contributed by atoms with van der Waals surface area (Å²) in [5, 5.41) is 10.3. The van der Waals surface area contributed by atoms with Gasteiger partial charge in [0.25, 0.3) is 0 Å². The average molecular weight is 348 g/mol. The number of hydrogen-bond donors (Lipinski definition) is 0. The predicted molar refractivity (Wildman–Crippen MR) is 98.3 cm³/mol. The maximum absolute atomic E-state index is 5.86. The third-order valence-electron chi connectivity index (χ3n) is 3.78. The van der Waals surface area contributed by atoms with Gasteiger partial charge < -0.3 is 4.42 Å². The molecule has 2 aromatic heterocycles. The van der Waals surface area contributed by atoms with Crippen molar-refractivity contribution in [2.75, 3.05) is 0 Å². The van der Waals surface area contributed by atoms with E-state index >= 15 is 0 Å². The van der Waals surface area contributed by atoms with Crippen molar-refractivity contribution in [3.05, 3.63) is 66.3 Å². The molecular formula is C19H16N4OS. The Kier molecular flexibility index (Phi) is 4.19. The van der Waals surface area contributed by atoms with E-state index in [1.807, 2.05) is 68.4 Å². The molecule has 0 aliphatic heterocycles. The van der Waals surface area contributed by atoms with Crippen LogP contribution >= 0.6 is 11.8 Å². The Morgan fingerprint density at radius 2 is 1.68 bits per heavy atom. The Bertz CT molecular complexity index is 1020. The lowest BCUT2D eigenvalue weighted by atomic mass is 10.2. The van der Waals surface area contributed by atoms with Gasteiger partial charge >= 0.3 is 0 Å². The van der Waals surface area contributed by atoms with Gasteiger partial charge in [-0.3, -0.25) is 0 Å². The molecule has 0 unspecified atom stereocenters. The van der Waals surface area contributed by atoms with Crippen molar-refractivity contribution in [2.45, 2.75) is 24.1 Å². The summed E-state index contributed by atoms with van der Waals surface area (Å²) in [6.45, 7) is 3.94. The first-order chi connectivity index (χ1) is 12.2. The SMILES string of the molecule is Cc1nc(S[C@H](C)c2nnc(-c3ccccc3)o2)c2ccccc2n1. The normalized spacial score (nSPS) is 12.4. The van der Waals surface area contributed by atoms with E-state index in [1.165, 1.54) is 0 Å². The van der Waals surface area contributed by atoms with Crippen LogP contribution in [-0.2, 0) is 0 Å². The molecule has 6 heteroatoms. The van der Waals surface area contributed by atoms with Gasteiger partial charge in [-0.05, 0) is 32.0 Å². The van der Waals surface area contributed by atoms with Crippen molar-refractivity contribution >= 4 is 22.7 Å². The molecule has 0 spiro atoms. The summed E-state index contributed by atoms with van der Waals surface area (Å²) in [6.07, 6.45) is 0. The highest BCUT2D eigenvalue weighted by atomic mass is 32.2. The summed E-state index contributed by atoms with van der Waals surface area (Å²) < 4.78 is 5.86. The molecule has 0 radical (unpaired) electrons. The number of rotatable bonds is 4. The fourth-order valence-corrected chi connectivity index (χ4v) is 3.58. The highest BCUT2D eigenvalue weighted by Gasteiger charge is 2.18. The van der Waals surface area contributed by atoms with E-state index in [2.05, 4.69) is 20.2 Å². The van der Waals surface area contributed by atoms with E-state index in [1.54, 1.807) is 11.8 Å². The summed E-state index contributed by atoms with van der Waals surface area (Å²) >= 11 is 1.60. The van der Waals surface area contributed by atoms with Crippen LogP contribution in [0.15, 0.2) is 64.0 Å². The zero-order chi connectivity index (χ0) is 17.2. The number of thioether (sulfide) groups is 1. The van der Waals surface area contributed by atoms with E-state index in [-0.39, 0.29) is 5.25 Å². The first-order valence-corrected chi connectivity index (χ1v) is 8.87. The Hall–Kier alpha value is -2.73. The summed E-state index contributed by atoms with van der Waals surface area (Å²) in [6, 6.07) is 17.8. The van der Waals surface area contributed by atoms with Crippen LogP contribution in [0.1, 0.15) is 23.9 Å². The van der Waals surface area contributed by atoms with Crippen molar-refractivity contribution in [3.63, 3.8) is 0 Å². The van der Waals surface area contributed by atoms with Gasteiger partial charge in [0, 0.05) is 10.9 Å². The quantitative estimate of drug-likeness (QED) is 0.388. The van der Waals surface area contributed by atoms with Gasteiger partial charge in [0.15, 0.2) is 0 Å². The van der Waals surface area contributed by atoms with Crippen LogP contribution in [0, 0.1) is 6.92 Å². The van der Waals surface area contributed by atoms with Gasteiger partial charge in [0.1, 0.15) is 10.9 Å². The van der Waals surface area contributed by atoms with Crippen molar-refractivity contribution in [1.29, 1.82) is 0 Å². The second-order valence-corrected chi connectivity index (χ2v) is 6.99. The molecule has 2 heterocycles. The number of benzene rings is 2. The molecule has 1 atom stereocenters. The predicted octanol–water partition coefficient (Wildman–Crippen LogP) is 4.84. The Labute approximate surface area is 149 Å². The van der Waals surface area contributed by atoms with E-state index in [9.17, 15) is 0 Å². The molecule has 25 heavy (non-hydrogen) atoms. The Balaban J connectivity index is 1.63. The standard InChI is InChI=1S/C19H16N4OS/c1-12(17-22-23-18(24-17)14-8-4-3-5-9-14)25-19-15-10-6-7-11-16(15)20-13(2)21-19/h3-12H,1-2H3/t12-/m1/s1. The largest absolute Gasteiger partial charge is 0.419 e. The summed E-state index contributed by atoms with van der Waals surface area (Å²) in [5.41, 5.74) is 1.86. The topological polar surface area (TPSA) is 64.7 Å². The van der Waals surface area contributed by atoms with Gasteiger partial charge in [0.05, 0.1) is 10.8 Å². The highest BCUT2D eigenvalue weighted by Crippen LogP contribution is 2.37. The number of aromatic nitrogens is 4. The zero-order valence-corrected chi connectivity index (χ0v) is 14.7. The molecule has 4 rings (SSSR count). The second-order valence-electron chi connectivity index (χ2n) is 5.66. The average Bonchev–Trinajstić information content (AvgIpc) is 3.12. The lowest BCUT2D eigenvalue weighted by Gasteiger charge is -2.09. The fraction of sp³-hybridized carbons (Fsp3) is 0.158. The number of fused-ring (bicyclic) bond motifs is 1. The van der Waals surface area contributed by atoms with Crippen molar-refractivity contribution in [3.8, 4) is 11.5 Å². The maximum atomic E-state index is 5.86. The van der Waals surface area contributed by atoms with Gasteiger partial charge in [0.2, 0.25) is 11.8 Å². The minimum atomic E-state index is -0.0114. The smallest absolute Gasteiger partial charge is 0.247 e. The molecule has 0 amide bonds. The number of hydrogen-bond acceptors (Lipinski definition) is 6. The third kappa shape index (κ3) is 3.25. The van der Waals surface area contributed by atoms with Crippen LogP contribution in [-0.4, -0.2) is 20.2 Å². The molecule has 2 aromatic carbocycles. The molecule has 0 bridgehead atoms. The first kappa shape index (κ1) is 15.8. The molecule has 0 saturated carbocycles. The maximum Gasteiger partial charge on any atom is 0.247 e. The van der Waals surface area contributed by atoms with Gasteiger partial charge in [-0.25, -0.2) is 9.97 Å². The van der Waals surface area contributed by atoms with Crippen LogP contribution in [0.2, 0.25) is 0 Å². The molecule has 0 aliphatic rings. The van der Waals surface area contributed by atoms with E-state index in [4.69, 9.17) is 4.42 Å². The number of aryl methyl sites for hydroxylation is 1. The first-order valence-electron chi connectivity index (χ1n) is 7.99. The van der Waals surface area contributed by atoms with E-state index in [0.717, 1.165) is 27.3 Å². The molecule has 0 N–H and O–H groups in total. The Morgan fingerprint density at radius 3 is 2.52 bits per heavy atom. The van der Waals surface area contributed by atoms with Crippen molar-refractivity contribution in [2.24, 2.45) is 0 Å². The van der Waals surface area contributed by atoms with Gasteiger partial charge in [-0.15, -0.1) is 10.2 Å². The van der Waals surface area contributed by atoms with Crippen LogP contribution in [0.5, 0.6) is 0 Å². The second kappa shape index (κ2) is 6.64. The van der Waals surface area contributed by atoms with Crippen LogP contribution < -0.4 is 0 Å². The van der Waals surface area contributed by atoms with Gasteiger partial charge in [-0.1, -0.05) is 48.2 Å². The Morgan fingerprint density at radius 1 is 0.920 bits per heavy atom. The molecule has 4 aromatic rings. The number of nitrogens with zero attached hydrogens (tertiary/aromatic N) is 4. The molecular weight excluding hydrogens is 332 g/mol. The molecule has 0 aliphatic carbocycles. The van der Waals surface area contributed by atoms with Gasteiger partial charge in [-0.2, -0.15) is 0 Å². The van der Waals surface area contributed by atoms with Crippen LogP contribution in [0.4, 0.5) is 0 Å². The summed E-state index contributed by atoms with van der Waals surface area (Å²) in [4.78, 5) is 9.08.